The van der Waals surface area contributed by atoms with Gasteiger partial charge in [-0.05, 0) is 92.5 Å². The lowest BCUT2D eigenvalue weighted by Crippen LogP contribution is -2.38. The molecule has 1 unspecified atom stereocenters. The highest BCUT2D eigenvalue weighted by atomic mass is 16.2. The van der Waals surface area contributed by atoms with Crippen molar-refractivity contribution in [2.45, 2.75) is 52.4 Å². The van der Waals surface area contributed by atoms with E-state index in [1.54, 1.807) is 12.3 Å². The van der Waals surface area contributed by atoms with Gasteiger partial charge in [-0.15, -0.1) is 0 Å². The molecule has 4 rings (SSSR count). The van der Waals surface area contributed by atoms with E-state index in [1.807, 2.05) is 56.3 Å². The average molecular weight is 469 g/mol. The highest BCUT2D eigenvalue weighted by molar-refractivity contribution is 6.24. The maximum atomic E-state index is 13.1. The summed E-state index contributed by atoms with van der Waals surface area (Å²) in [5, 5.41) is 13.8. The summed E-state index contributed by atoms with van der Waals surface area (Å²) in [6.45, 7) is 7.65. The summed E-state index contributed by atoms with van der Waals surface area (Å²) in [6.07, 6.45) is 5.11. The van der Waals surface area contributed by atoms with Crippen LogP contribution in [0.25, 0.3) is 11.3 Å². The Morgan fingerprint density at radius 3 is 2.26 bits per heavy atom. The van der Waals surface area contributed by atoms with Gasteiger partial charge in [0.1, 0.15) is 0 Å². The molecule has 0 spiro atoms. The molecule has 1 saturated carbocycles. The van der Waals surface area contributed by atoms with Crippen LogP contribution in [0.3, 0.4) is 0 Å². The van der Waals surface area contributed by atoms with Crippen LogP contribution < -0.4 is 10.6 Å². The monoisotopic (exact) mass is 468 g/mol. The molecule has 2 aromatic carbocycles. The first kappa shape index (κ1) is 24.3. The fourth-order valence-electron chi connectivity index (χ4n) is 4.59. The molecule has 0 saturated heterocycles. The summed E-state index contributed by atoms with van der Waals surface area (Å²) in [4.78, 5) is 30.7. The number of nitrogens with one attached hydrogen (secondary N) is 3. The number of aromatic nitrogens is 1. The standard InChI is InChI=1S/C29H32N4O2/c1-5-29(13-14-29)21-9-6-10-22(16-21)32-27(34)25(20(4)30)28(35)33-23-12-11-18(2)24(17-23)26-19(3)8-7-15-31-26/h6-12,15-17,25,30H,5,13-14H2,1-4H3,(H,32,34)(H,33,35). The lowest BCUT2D eigenvalue weighted by molar-refractivity contribution is -0.126. The molecule has 6 heteroatoms. The van der Waals surface area contributed by atoms with Crippen LogP contribution in [0.1, 0.15) is 49.8 Å². The number of amides is 2. The van der Waals surface area contributed by atoms with Gasteiger partial charge in [-0.1, -0.05) is 31.2 Å². The molecule has 1 aliphatic carbocycles. The Bertz CT molecular complexity index is 1290. The highest BCUT2D eigenvalue weighted by Gasteiger charge is 2.42. The summed E-state index contributed by atoms with van der Waals surface area (Å²) in [5.41, 5.74) is 6.43. The third kappa shape index (κ3) is 5.16. The molecular formula is C29H32N4O2. The van der Waals surface area contributed by atoms with Crippen LogP contribution in [0, 0.1) is 25.2 Å². The number of pyridine rings is 1. The smallest absolute Gasteiger partial charge is 0.242 e. The first-order chi connectivity index (χ1) is 16.7. The zero-order valence-electron chi connectivity index (χ0n) is 20.7. The van der Waals surface area contributed by atoms with E-state index < -0.39 is 17.7 Å². The van der Waals surface area contributed by atoms with Crippen molar-refractivity contribution in [3.05, 3.63) is 77.5 Å². The first-order valence-corrected chi connectivity index (χ1v) is 12.0. The average Bonchev–Trinajstić information content (AvgIpc) is 3.62. The lowest BCUT2D eigenvalue weighted by Gasteiger charge is -2.18. The third-order valence-corrected chi connectivity index (χ3v) is 7.00. The summed E-state index contributed by atoms with van der Waals surface area (Å²) >= 11 is 0. The number of benzene rings is 2. The molecule has 1 aromatic heterocycles. The van der Waals surface area contributed by atoms with Crippen LogP contribution in [0.5, 0.6) is 0 Å². The molecule has 35 heavy (non-hydrogen) atoms. The zero-order chi connectivity index (χ0) is 25.2. The molecule has 2 amide bonds. The Morgan fingerprint density at radius 1 is 0.971 bits per heavy atom. The fourth-order valence-corrected chi connectivity index (χ4v) is 4.59. The minimum atomic E-state index is -1.24. The van der Waals surface area contributed by atoms with Gasteiger partial charge >= 0.3 is 0 Å². The molecule has 3 aromatic rings. The zero-order valence-corrected chi connectivity index (χ0v) is 20.7. The van der Waals surface area contributed by atoms with Gasteiger partial charge in [-0.3, -0.25) is 14.6 Å². The third-order valence-electron chi connectivity index (χ3n) is 7.00. The predicted molar refractivity (Wildman–Crippen MR) is 141 cm³/mol. The predicted octanol–water partition coefficient (Wildman–Crippen LogP) is 6.04. The van der Waals surface area contributed by atoms with Crippen LogP contribution in [-0.4, -0.2) is 22.5 Å². The van der Waals surface area contributed by atoms with Gasteiger partial charge in [-0.25, -0.2) is 0 Å². The van der Waals surface area contributed by atoms with E-state index in [2.05, 4.69) is 28.6 Å². The van der Waals surface area contributed by atoms with Crippen LogP contribution in [0.4, 0.5) is 11.4 Å². The number of hydrogen-bond acceptors (Lipinski definition) is 4. The van der Waals surface area contributed by atoms with Crippen molar-refractivity contribution in [2.75, 3.05) is 10.6 Å². The lowest BCUT2D eigenvalue weighted by atomic mass is 9.93. The van der Waals surface area contributed by atoms with E-state index >= 15 is 0 Å². The second-order valence-corrected chi connectivity index (χ2v) is 9.51. The van der Waals surface area contributed by atoms with Crippen molar-refractivity contribution < 1.29 is 9.59 Å². The highest BCUT2D eigenvalue weighted by Crippen LogP contribution is 2.51. The number of aryl methyl sites for hydroxylation is 2. The first-order valence-electron chi connectivity index (χ1n) is 12.0. The number of hydrogen-bond donors (Lipinski definition) is 3. The van der Waals surface area contributed by atoms with E-state index in [0.717, 1.165) is 41.6 Å². The van der Waals surface area contributed by atoms with Gasteiger partial charge in [0.15, 0.2) is 5.92 Å². The maximum absolute atomic E-state index is 13.1. The summed E-state index contributed by atoms with van der Waals surface area (Å²) in [7, 11) is 0. The molecule has 1 fully saturated rings. The van der Waals surface area contributed by atoms with Crippen molar-refractivity contribution in [1.29, 1.82) is 5.41 Å². The molecule has 1 heterocycles. The van der Waals surface area contributed by atoms with Gasteiger partial charge in [0.2, 0.25) is 11.8 Å². The van der Waals surface area contributed by atoms with Gasteiger partial charge in [0.05, 0.1) is 5.69 Å². The normalized spacial score (nSPS) is 14.6. The minimum absolute atomic E-state index is 0.0173. The number of nitrogens with zero attached hydrogens (tertiary/aromatic N) is 1. The molecular weight excluding hydrogens is 436 g/mol. The Hall–Kier alpha value is -3.80. The van der Waals surface area contributed by atoms with E-state index in [0.29, 0.717) is 11.4 Å². The number of anilines is 2. The van der Waals surface area contributed by atoms with E-state index in [4.69, 9.17) is 5.41 Å². The van der Waals surface area contributed by atoms with Crippen molar-refractivity contribution in [3.63, 3.8) is 0 Å². The van der Waals surface area contributed by atoms with Crippen molar-refractivity contribution in [1.82, 2.24) is 4.98 Å². The molecule has 1 aliphatic rings. The van der Waals surface area contributed by atoms with Gasteiger partial charge < -0.3 is 16.0 Å². The summed E-state index contributed by atoms with van der Waals surface area (Å²) < 4.78 is 0. The number of carbonyl (C=O) groups is 2. The fraction of sp³-hybridized carbons (Fsp3) is 0.310. The van der Waals surface area contributed by atoms with Crippen LogP contribution >= 0.6 is 0 Å². The van der Waals surface area contributed by atoms with Gasteiger partial charge in [0, 0.05) is 28.8 Å². The minimum Gasteiger partial charge on any atom is -0.325 e. The second-order valence-electron chi connectivity index (χ2n) is 9.51. The van der Waals surface area contributed by atoms with Crippen LogP contribution in [-0.2, 0) is 15.0 Å². The van der Waals surface area contributed by atoms with Crippen LogP contribution in [0.15, 0.2) is 60.8 Å². The van der Waals surface area contributed by atoms with Crippen LogP contribution in [0.2, 0.25) is 0 Å². The Kier molecular flexibility index (Phi) is 6.83. The Morgan fingerprint density at radius 2 is 1.66 bits per heavy atom. The van der Waals surface area contributed by atoms with Crippen molar-refractivity contribution in [2.24, 2.45) is 5.92 Å². The molecule has 0 radical (unpaired) electrons. The van der Waals surface area contributed by atoms with E-state index in [1.165, 1.54) is 12.5 Å². The molecule has 0 bridgehead atoms. The topological polar surface area (TPSA) is 94.9 Å². The summed E-state index contributed by atoms with van der Waals surface area (Å²) in [5.74, 6) is -2.28. The van der Waals surface area contributed by atoms with E-state index in [9.17, 15) is 9.59 Å². The van der Waals surface area contributed by atoms with Gasteiger partial charge in [0.25, 0.3) is 0 Å². The summed E-state index contributed by atoms with van der Waals surface area (Å²) in [6, 6.07) is 17.3. The van der Waals surface area contributed by atoms with Crippen molar-refractivity contribution in [3.8, 4) is 11.3 Å². The second kappa shape index (κ2) is 9.82. The number of rotatable bonds is 8. The molecule has 1 atom stereocenters. The Labute approximate surface area is 206 Å². The molecule has 0 aliphatic heterocycles. The van der Waals surface area contributed by atoms with Gasteiger partial charge in [-0.2, -0.15) is 0 Å². The Balaban J connectivity index is 1.52. The molecule has 3 N–H and O–H groups in total. The molecule has 6 nitrogen and oxygen atoms in total. The maximum Gasteiger partial charge on any atom is 0.242 e. The largest absolute Gasteiger partial charge is 0.325 e. The number of carbonyl (C=O) groups excluding carboxylic acids is 2. The molecule has 180 valence electrons. The van der Waals surface area contributed by atoms with E-state index in [-0.39, 0.29) is 11.1 Å². The van der Waals surface area contributed by atoms with Crippen molar-refractivity contribution >= 4 is 28.9 Å². The SMILES string of the molecule is CCC1(c2cccc(NC(=O)C(C(C)=N)C(=O)Nc3ccc(C)c(-c4ncccc4C)c3)c2)CC1. The quantitative estimate of drug-likeness (QED) is 0.278.